The number of aryl methyl sites for hydroxylation is 1. The second-order valence-corrected chi connectivity index (χ2v) is 5.04. The van der Waals surface area contributed by atoms with Crippen LogP contribution in [-0.4, -0.2) is 21.4 Å². The Labute approximate surface area is 113 Å². The zero-order valence-electron chi connectivity index (χ0n) is 11.1. The summed E-state index contributed by atoms with van der Waals surface area (Å²) in [7, 11) is 0. The number of hydrogen-bond donors (Lipinski definition) is 1. The van der Waals surface area contributed by atoms with E-state index in [1.807, 2.05) is 13.0 Å². The van der Waals surface area contributed by atoms with Crippen LogP contribution in [0.1, 0.15) is 22.5 Å². The van der Waals surface area contributed by atoms with Gasteiger partial charge in [-0.25, -0.2) is 9.97 Å². The summed E-state index contributed by atoms with van der Waals surface area (Å²) in [6, 6.07) is 10.5. The Balaban J connectivity index is 1.79. The van der Waals surface area contributed by atoms with Gasteiger partial charge in [0, 0.05) is 25.3 Å². The van der Waals surface area contributed by atoms with Crippen molar-refractivity contribution in [2.75, 3.05) is 12.3 Å². The third-order valence-corrected chi connectivity index (χ3v) is 3.62. The molecule has 19 heavy (non-hydrogen) atoms. The molecule has 0 saturated heterocycles. The maximum absolute atomic E-state index is 5.74. The van der Waals surface area contributed by atoms with Crippen molar-refractivity contribution in [1.82, 2.24) is 14.9 Å². The van der Waals surface area contributed by atoms with Gasteiger partial charge in [-0.1, -0.05) is 30.3 Å². The molecule has 0 spiro atoms. The molecule has 4 heteroatoms. The Kier molecular flexibility index (Phi) is 3.17. The summed E-state index contributed by atoms with van der Waals surface area (Å²) in [6.45, 7) is 4.89. The fraction of sp³-hybridized carbons (Fsp3) is 0.333. The fourth-order valence-electron chi connectivity index (χ4n) is 2.67. The lowest BCUT2D eigenvalue weighted by Crippen LogP contribution is -2.31. The van der Waals surface area contributed by atoms with Crippen molar-refractivity contribution in [3.05, 3.63) is 52.8 Å². The summed E-state index contributed by atoms with van der Waals surface area (Å²) in [6.07, 6.45) is 1.01. The van der Waals surface area contributed by atoms with Gasteiger partial charge in [-0.05, 0) is 24.5 Å². The van der Waals surface area contributed by atoms with Crippen molar-refractivity contribution in [1.29, 1.82) is 0 Å². The molecule has 2 aromatic rings. The normalized spacial score (nSPS) is 15.2. The first-order valence-electron chi connectivity index (χ1n) is 6.60. The van der Waals surface area contributed by atoms with E-state index < -0.39 is 0 Å². The molecule has 1 aliphatic rings. The number of rotatable bonds is 2. The van der Waals surface area contributed by atoms with Crippen LogP contribution in [0.5, 0.6) is 0 Å². The zero-order chi connectivity index (χ0) is 13.2. The summed E-state index contributed by atoms with van der Waals surface area (Å²) >= 11 is 0. The van der Waals surface area contributed by atoms with Crippen LogP contribution in [0, 0.1) is 6.92 Å². The topological polar surface area (TPSA) is 55.0 Å². The second kappa shape index (κ2) is 4.97. The first-order chi connectivity index (χ1) is 9.22. The molecule has 98 valence electrons. The SMILES string of the molecule is Cc1nc(N)nc2c1CCN(Cc1ccccc1)C2. The van der Waals surface area contributed by atoms with Crippen LogP contribution in [-0.2, 0) is 19.5 Å². The molecule has 0 unspecified atom stereocenters. The van der Waals surface area contributed by atoms with E-state index in [1.54, 1.807) is 0 Å². The number of nitrogen functional groups attached to an aromatic ring is 1. The molecule has 0 amide bonds. The highest BCUT2D eigenvalue weighted by molar-refractivity contribution is 5.33. The molecule has 1 aromatic carbocycles. The highest BCUT2D eigenvalue weighted by Crippen LogP contribution is 2.21. The molecule has 0 bridgehead atoms. The smallest absolute Gasteiger partial charge is 0.220 e. The van der Waals surface area contributed by atoms with Crippen molar-refractivity contribution in [3.8, 4) is 0 Å². The number of nitrogens with zero attached hydrogens (tertiary/aromatic N) is 3. The van der Waals surface area contributed by atoms with Crippen LogP contribution in [0.25, 0.3) is 0 Å². The maximum atomic E-state index is 5.74. The molecule has 0 saturated carbocycles. The molecule has 0 aliphatic carbocycles. The van der Waals surface area contributed by atoms with Crippen LogP contribution >= 0.6 is 0 Å². The van der Waals surface area contributed by atoms with Gasteiger partial charge in [-0.15, -0.1) is 0 Å². The zero-order valence-corrected chi connectivity index (χ0v) is 11.1. The monoisotopic (exact) mass is 254 g/mol. The lowest BCUT2D eigenvalue weighted by atomic mass is 10.0. The van der Waals surface area contributed by atoms with Gasteiger partial charge < -0.3 is 5.73 Å². The van der Waals surface area contributed by atoms with E-state index >= 15 is 0 Å². The summed E-state index contributed by atoms with van der Waals surface area (Å²) in [5.41, 5.74) is 10.5. The Hall–Kier alpha value is -1.94. The van der Waals surface area contributed by atoms with Gasteiger partial charge in [-0.2, -0.15) is 0 Å². The van der Waals surface area contributed by atoms with Crippen LogP contribution in [0.4, 0.5) is 5.95 Å². The molecule has 0 atom stereocenters. The largest absolute Gasteiger partial charge is 0.368 e. The van der Waals surface area contributed by atoms with Gasteiger partial charge in [0.2, 0.25) is 5.95 Å². The van der Waals surface area contributed by atoms with Crippen molar-refractivity contribution in [2.45, 2.75) is 26.4 Å². The highest BCUT2D eigenvalue weighted by atomic mass is 15.1. The van der Waals surface area contributed by atoms with Gasteiger partial charge in [0.25, 0.3) is 0 Å². The molecule has 3 rings (SSSR count). The first kappa shape index (κ1) is 12.1. The van der Waals surface area contributed by atoms with Gasteiger partial charge >= 0.3 is 0 Å². The fourth-order valence-corrected chi connectivity index (χ4v) is 2.67. The van der Waals surface area contributed by atoms with Crippen LogP contribution < -0.4 is 5.73 Å². The van der Waals surface area contributed by atoms with Crippen molar-refractivity contribution in [3.63, 3.8) is 0 Å². The van der Waals surface area contributed by atoms with E-state index in [4.69, 9.17) is 5.73 Å². The van der Waals surface area contributed by atoms with Crippen molar-refractivity contribution < 1.29 is 0 Å². The number of nitrogens with two attached hydrogens (primary N) is 1. The molecule has 0 fully saturated rings. The predicted octanol–water partition coefficient (Wildman–Crippen LogP) is 1.93. The third kappa shape index (κ3) is 2.58. The van der Waals surface area contributed by atoms with Gasteiger partial charge in [-0.3, -0.25) is 4.90 Å². The average molecular weight is 254 g/mol. The molecule has 2 heterocycles. The highest BCUT2D eigenvalue weighted by Gasteiger charge is 2.20. The summed E-state index contributed by atoms with van der Waals surface area (Å²) in [5, 5.41) is 0. The molecule has 0 radical (unpaired) electrons. The maximum Gasteiger partial charge on any atom is 0.220 e. The van der Waals surface area contributed by atoms with Crippen molar-refractivity contribution in [2.24, 2.45) is 0 Å². The van der Waals surface area contributed by atoms with E-state index in [-0.39, 0.29) is 0 Å². The van der Waals surface area contributed by atoms with Gasteiger partial charge in [0.05, 0.1) is 5.69 Å². The third-order valence-electron chi connectivity index (χ3n) is 3.62. The number of aromatic nitrogens is 2. The average Bonchev–Trinajstić information content (AvgIpc) is 2.39. The van der Waals surface area contributed by atoms with E-state index in [1.165, 1.54) is 11.1 Å². The number of hydrogen-bond acceptors (Lipinski definition) is 4. The lowest BCUT2D eigenvalue weighted by molar-refractivity contribution is 0.241. The van der Waals surface area contributed by atoms with Gasteiger partial charge in [0.15, 0.2) is 0 Å². The minimum Gasteiger partial charge on any atom is -0.368 e. The molecule has 2 N–H and O–H groups in total. The summed E-state index contributed by atoms with van der Waals surface area (Å²) < 4.78 is 0. The Morgan fingerprint density at radius 3 is 2.79 bits per heavy atom. The summed E-state index contributed by atoms with van der Waals surface area (Å²) in [4.78, 5) is 11.0. The lowest BCUT2D eigenvalue weighted by Gasteiger charge is -2.28. The van der Waals surface area contributed by atoms with E-state index in [0.717, 1.165) is 37.4 Å². The Bertz CT molecular complexity index is 580. The van der Waals surface area contributed by atoms with E-state index in [9.17, 15) is 0 Å². The minimum absolute atomic E-state index is 0.387. The van der Waals surface area contributed by atoms with Crippen molar-refractivity contribution >= 4 is 5.95 Å². The number of fused-ring (bicyclic) bond motifs is 1. The Morgan fingerprint density at radius 2 is 2.00 bits per heavy atom. The van der Waals surface area contributed by atoms with Crippen LogP contribution in [0.15, 0.2) is 30.3 Å². The molecular weight excluding hydrogens is 236 g/mol. The number of benzene rings is 1. The molecule has 1 aromatic heterocycles. The molecule has 1 aliphatic heterocycles. The van der Waals surface area contributed by atoms with E-state index in [2.05, 4.69) is 39.1 Å². The standard InChI is InChI=1S/C15H18N4/c1-11-13-7-8-19(9-12-5-3-2-4-6-12)10-14(13)18-15(16)17-11/h2-6H,7-10H2,1H3,(H2,16,17,18). The minimum atomic E-state index is 0.387. The predicted molar refractivity (Wildman–Crippen MR) is 75.4 cm³/mol. The second-order valence-electron chi connectivity index (χ2n) is 5.04. The molecule has 4 nitrogen and oxygen atoms in total. The van der Waals surface area contributed by atoms with E-state index in [0.29, 0.717) is 5.95 Å². The number of anilines is 1. The van der Waals surface area contributed by atoms with Crippen LogP contribution in [0.3, 0.4) is 0 Å². The quantitative estimate of drug-likeness (QED) is 0.889. The van der Waals surface area contributed by atoms with Gasteiger partial charge in [0.1, 0.15) is 0 Å². The van der Waals surface area contributed by atoms with Crippen LogP contribution in [0.2, 0.25) is 0 Å². The molecular formula is C15H18N4. The first-order valence-corrected chi connectivity index (χ1v) is 6.60. The summed E-state index contributed by atoms with van der Waals surface area (Å²) in [5.74, 6) is 0.387. The Morgan fingerprint density at radius 1 is 1.21 bits per heavy atom.